The fourth-order valence-electron chi connectivity index (χ4n) is 3.79. The molecule has 1 atom stereocenters. The number of aryl methyl sites for hydroxylation is 2. The van der Waals surface area contributed by atoms with Crippen molar-refractivity contribution in [2.75, 3.05) is 18.5 Å². The van der Waals surface area contributed by atoms with Crippen molar-refractivity contribution in [3.63, 3.8) is 0 Å². The molecule has 42 heavy (non-hydrogen) atoms. The van der Waals surface area contributed by atoms with Gasteiger partial charge in [-0.1, -0.05) is 28.6 Å². The Bertz CT molecular complexity index is 1410. The molecule has 2 aromatic heterocycles. The number of amides is 3. The van der Waals surface area contributed by atoms with Crippen LogP contribution in [0.4, 0.5) is 9.93 Å². The molecule has 2 heterocycles. The summed E-state index contributed by atoms with van der Waals surface area (Å²) in [5, 5.41) is 12.4. The highest BCUT2D eigenvalue weighted by atomic mass is 32.1. The van der Waals surface area contributed by atoms with E-state index in [1.54, 1.807) is 65.8 Å². The van der Waals surface area contributed by atoms with Crippen molar-refractivity contribution in [1.82, 2.24) is 25.8 Å². The second-order valence-electron chi connectivity index (χ2n) is 10.4. The number of carbonyl (C=O) groups is 4. The third-order valence-electron chi connectivity index (χ3n) is 5.58. The molecule has 0 saturated carbocycles. The van der Waals surface area contributed by atoms with Crippen LogP contribution < -0.4 is 16.0 Å². The maximum atomic E-state index is 13.2. The van der Waals surface area contributed by atoms with Crippen molar-refractivity contribution in [1.29, 1.82) is 0 Å². The van der Waals surface area contributed by atoms with Crippen LogP contribution in [0, 0.1) is 13.8 Å². The minimum absolute atomic E-state index is 0.0741. The number of alkyl carbamates (subject to hydrolysis) is 1. The molecule has 3 aromatic rings. The van der Waals surface area contributed by atoms with Crippen molar-refractivity contribution in [2.24, 2.45) is 0 Å². The van der Waals surface area contributed by atoms with Crippen LogP contribution in [-0.4, -0.2) is 63.8 Å². The summed E-state index contributed by atoms with van der Waals surface area (Å²) >= 11 is 1.02. The third kappa shape index (κ3) is 9.94. The van der Waals surface area contributed by atoms with E-state index in [4.69, 9.17) is 14.0 Å². The monoisotopic (exact) mass is 600 g/mol. The standard InChI is InChI=1S/C28H36N6O7S/c1-7-39-25(37)22-16(2)30-26(42-22)33-21(35)15-20(12-9-13-29-27(38)40-28(4,5)6)32-24(36)19-11-8-10-18(14-19)23-31-17(3)41-34-23/h8,10-11,14,20H,7,9,12-13,15H2,1-6H3,(H,29,38)(H,32,36)(H,30,33,35). The number of esters is 1. The molecular formula is C28H36N6O7S. The topological polar surface area (TPSA) is 175 Å². The highest BCUT2D eigenvalue weighted by molar-refractivity contribution is 7.17. The molecule has 226 valence electrons. The molecule has 14 heteroatoms. The van der Waals surface area contributed by atoms with Gasteiger partial charge in [-0.2, -0.15) is 4.98 Å². The van der Waals surface area contributed by atoms with Crippen LogP contribution in [0.5, 0.6) is 0 Å². The van der Waals surface area contributed by atoms with E-state index >= 15 is 0 Å². The van der Waals surface area contributed by atoms with E-state index in [1.807, 2.05) is 0 Å². The summed E-state index contributed by atoms with van der Waals surface area (Å²) < 4.78 is 15.3. The van der Waals surface area contributed by atoms with E-state index in [9.17, 15) is 19.2 Å². The number of nitrogens with one attached hydrogen (secondary N) is 3. The fourth-order valence-corrected chi connectivity index (χ4v) is 4.67. The number of rotatable bonds is 12. The zero-order valence-electron chi connectivity index (χ0n) is 24.5. The van der Waals surface area contributed by atoms with Gasteiger partial charge in [-0.3, -0.25) is 9.59 Å². The van der Waals surface area contributed by atoms with E-state index in [0.717, 1.165) is 11.3 Å². The average molecular weight is 601 g/mol. The molecule has 0 fully saturated rings. The van der Waals surface area contributed by atoms with Crippen LogP contribution in [0.1, 0.15) is 78.6 Å². The highest BCUT2D eigenvalue weighted by Crippen LogP contribution is 2.24. The number of thiazole rings is 1. The lowest BCUT2D eigenvalue weighted by molar-refractivity contribution is -0.116. The molecule has 0 bridgehead atoms. The summed E-state index contributed by atoms with van der Waals surface area (Å²) in [5.74, 6) is -0.554. The van der Waals surface area contributed by atoms with Gasteiger partial charge >= 0.3 is 12.1 Å². The maximum Gasteiger partial charge on any atom is 0.407 e. The first kappa shape index (κ1) is 32.2. The molecule has 3 amide bonds. The number of hydrogen-bond acceptors (Lipinski definition) is 11. The highest BCUT2D eigenvalue weighted by Gasteiger charge is 2.22. The number of ether oxygens (including phenoxy) is 2. The molecule has 0 spiro atoms. The number of carbonyl (C=O) groups excluding carboxylic acids is 4. The summed E-state index contributed by atoms with van der Waals surface area (Å²) in [4.78, 5) is 59.0. The van der Waals surface area contributed by atoms with E-state index in [-0.39, 0.29) is 24.7 Å². The van der Waals surface area contributed by atoms with Crippen LogP contribution in [-0.2, 0) is 14.3 Å². The molecule has 3 rings (SSSR count). The zero-order chi connectivity index (χ0) is 30.9. The summed E-state index contributed by atoms with van der Waals surface area (Å²) in [6.07, 6.45) is 0.216. The van der Waals surface area contributed by atoms with Gasteiger partial charge in [0.05, 0.1) is 12.3 Å². The smallest absolute Gasteiger partial charge is 0.407 e. The van der Waals surface area contributed by atoms with Gasteiger partial charge in [0.15, 0.2) is 5.13 Å². The molecule has 0 aliphatic heterocycles. The first-order chi connectivity index (χ1) is 19.8. The summed E-state index contributed by atoms with van der Waals surface area (Å²) in [6.45, 7) is 10.8. The predicted molar refractivity (Wildman–Crippen MR) is 155 cm³/mol. The zero-order valence-corrected chi connectivity index (χ0v) is 25.3. The van der Waals surface area contributed by atoms with Gasteiger partial charge in [-0.05, 0) is 59.6 Å². The Morgan fingerprint density at radius 1 is 1.12 bits per heavy atom. The first-order valence-corrected chi connectivity index (χ1v) is 14.3. The molecule has 1 unspecified atom stereocenters. The largest absolute Gasteiger partial charge is 0.462 e. The molecule has 0 aliphatic carbocycles. The van der Waals surface area contributed by atoms with Gasteiger partial charge in [0, 0.05) is 37.1 Å². The summed E-state index contributed by atoms with van der Waals surface area (Å²) in [5.41, 5.74) is 0.770. The maximum absolute atomic E-state index is 13.2. The van der Waals surface area contributed by atoms with Gasteiger partial charge in [0.25, 0.3) is 5.91 Å². The van der Waals surface area contributed by atoms with Gasteiger partial charge in [-0.15, -0.1) is 0 Å². The minimum Gasteiger partial charge on any atom is -0.462 e. The SMILES string of the molecule is CCOC(=O)c1sc(NC(=O)CC(CCCNC(=O)OC(C)(C)C)NC(=O)c2cccc(-c3noc(C)n3)c2)nc1C. The first-order valence-electron chi connectivity index (χ1n) is 13.5. The van der Waals surface area contributed by atoms with Crippen molar-refractivity contribution >= 4 is 40.3 Å². The Balaban J connectivity index is 1.68. The Morgan fingerprint density at radius 3 is 2.55 bits per heavy atom. The minimum atomic E-state index is -0.630. The Hall–Kier alpha value is -4.33. The molecule has 1 aromatic carbocycles. The van der Waals surface area contributed by atoms with E-state index in [0.29, 0.717) is 46.3 Å². The second-order valence-corrected chi connectivity index (χ2v) is 11.4. The van der Waals surface area contributed by atoms with Gasteiger partial charge in [0.1, 0.15) is 10.5 Å². The fraction of sp³-hybridized carbons (Fsp3) is 0.464. The van der Waals surface area contributed by atoms with Gasteiger partial charge in [-0.25, -0.2) is 14.6 Å². The van der Waals surface area contributed by atoms with E-state index < -0.39 is 35.5 Å². The van der Waals surface area contributed by atoms with Crippen LogP contribution in [0.25, 0.3) is 11.4 Å². The van der Waals surface area contributed by atoms with Gasteiger partial charge in [0.2, 0.25) is 17.6 Å². The molecule has 3 N–H and O–H groups in total. The third-order valence-corrected chi connectivity index (χ3v) is 6.63. The lowest BCUT2D eigenvalue weighted by Gasteiger charge is -2.21. The molecule has 13 nitrogen and oxygen atoms in total. The summed E-state index contributed by atoms with van der Waals surface area (Å²) in [6, 6.07) is 6.15. The van der Waals surface area contributed by atoms with Crippen molar-refractivity contribution < 1.29 is 33.2 Å². The van der Waals surface area contributed by atoms with Crippen LogP contribution >= 0.6 is 11.3 Å². The van der Waals surface area contributed by atoms with Gasteiger partial charge < -0.3 is 29.9 Å². The van der Waals surface area contributed by atoms with Crippen molar-refractivity contribution in [3.05, 3.63) is 46.3 Å². The Morgan fingerprint density at radius 2 is 1.88 bits per heavy atom. The number of aromatic nitrogens is 3. The Kier molecular flexibility index (Phi) is 11.1. The average Bonchev–Trinajstić information content (AvgIpc) is 3.50. The normalized spacial score (nSPS) is 11.9. The molecule has 0 saturated heterocycles. The lowest BCUT2D eigenvalue weighted by atomic mass is 10.1. The van der Waals surface area contributed by atoms with Crippen LogP contribution in [0.3, 0.4) is 0 Å². The lowest BCUT2D eigenvalue weighted by Crippen LogP contribution is -2.38. The quantitative estimate of drug-likeness (QED) is 0.199. The van der Waals surface area contributed by atoms with Crippen molar-refractivity contribution in [2.45, 2.75) is 72.4 Å². The van der Waals surface area contributed by atoms with E-state index in [2.05, 4.69) is 31.1 Å². The molecular weight excluding hydrogens is 564 g/mol. The second kappa shape index (κ2) is 14.5. The molecule has 0 radical (unpaired) electrons. The molecule has 0 aliphatic rings. The number of hydrogen-bond donors (Lipinski definition) is 3. The van der Waals surface area contributed by atoms with Crippen LogP contribution in [0.15, 0.2) is 28.8 Å². The number of anilines is 1. The van der Waals surface area contributed by atoms with E-state index in [1.165, 1.54) is 0 Å². The predicted octanol–water partition coefficient (Wildman–Crippen LogP) is 4.42. The summed E-state index contributed by atoms with van der Waals surface area (Å²) in [7, 11) is 0. The van der Waals surface area contributed by atoms with Crippen molar-refractivity contribution in [3.8, 4) is 11.4 Å². The number of nitrogens with zero attached hydrogens (tertiary/aromatic N) is 3. The Labute approximate surface area is 247 Å². The number of benzene rings is 1. The van der Waals surface area contributed by atoms with Crippen LogP contribution in [0.2, 0.25) is 0 Å².